The third-order valence-corrected chi connectivity index (χ3v) is 2.50. The van der Waals surface area contributed by atoms with Crippen LogP contribution in [0, 0.1) is 0 Å². The minimum absolute atomic E-state index is 0.0760. The number of carbonyl (C=O) groups excluding carboxylic acids is 1. The van der Waals surface area contributed by atoms with E-state index in [0.717, 1.165) is 13.0 Å². The van der Waals surface area contributed by atoms with Gasteiger partial charge in [-0.25, -0.2) is 0 Å². The second-order valence-electron chi connectivity index (χ2n) is 3.80. The van der Waals surface area contributed by atoms with Gasteiger partial charge in [-0.3, -0.25) is 4.79 Å². The highest BCUT2D eigenvalue weighted by Gasteiger charge is 2.18. The Morgan fingerprint density at radius 1 is 1.80 bits per heavy atom. The van der Waals surface area contributed by atoms with Gasteiger partial charge in [0.05, 0.1) is 6.61 Å². The van der Waals surface area contributed by atoms with Gasteiger partial charge in [-0.15, -0.1) is 6.58 Å². The smallest absolute Gasteiger partial charge is 0.249 e. The van der Waals surface area contributed by atoms with E-state index in [4.69, 9.17) is 4.74 Å². The van der Waals surface area contributed by atoms with Crippen molar-refractivity contribution in [3.05, 3.63) is 12.7 Å². The fraction of sp³-hybridized carbons (Fsp3) is 0.727. The Hall–Kier alpha value is -0.870. The lowest BCUT2D eigenvalue weighted by molar-refractivity contribution is -0.131. The number of carbonyl (C=O) groups is 1. The van der Waals surface area contributed by atoms with Crippen LogP contribution in [0.15, 0.2) is 12.7 Å². The molecule has 4 nitrogen and oxygen atoms in total. The van der Waals surface area contributed by atoms with E-state index in [1.54, 1.807) is 13.0 Å². The predicted molar refractivity (Wildman–Crippen MR) is 59.6 cm³/mol. The maximum absolute atomic E-state index is 11.4. The highest BCUT2D eigenvalue weighted by molar-refractivity contribution is 5.80. The minimum Gasteiger partial charge on any atom is -0.367 e. The Balaban J connectivity index is 2.13. The SMILES string of the molecule is C=CCNC(=O)C(C)OCC1CCCN1. The molecule has 0 aromatic heterocycles. The zero-order chi connectivity index (χ0) is 11.1. The monoisotopic (exact) mass is 212 g/mol. The van der Waals surface area contributed by atoms with Gasteiger partial charge in [-0.1, -0.05) is 6.08 Å². The second kappa shape index (κ2) is 6.58. The van der Waals surface area contributed by atoms with Crippen molar-refractivity contribution >= 4 is 5.91 Å². The summed E-state index contributed by atoms with van der Waals surface area (Å²) in [7, 11) is 0. The molecule has 1 heterocycles. The van der Waals surface area contributed by atoms with Gasteiger partial charge in [0.2, 0.25) is 5.91 Å². The summed E-state index contributed by atoms with van der Waals surface area (Å²) >= 11 is 0. The van der Waals surface area contributed by atoms with E-state index < -0.39 is 0 Å². The molecule has 1 amide bonds. The molecule has 2 unspecified atom stereocenters. The molecule has 1 saturated heterocycles. The molecule has 0 saturated carbocycles. The molecule has 4 heteroatoms. The van der Waals surface area contributed by atoms with Gasteiger partial charge in [0.25, 0.3) is 0 Å². The number of hydrogen-bond donors (Lipinski definition) is 2. The fourth-order valence-corrected chi connectivity index (χ4v) is 1.55. The summed E-state index contributed by atoms with van der Waals surface area (Å²) in [4.78, 5) is 11.4. The van der Waals surface area contributed by atoms with Gasteiger partial charge in [0.1, 0.15) is 6.10 Å². The molecule has 15 heavy (non-hydrogen) atoms. The van der Waals surface area contributed by atoms with Crippen LogP contribution in [0.2, 0.25) is 0 Å². The molecular formula is C11H20N2O2. The zero-order valence-corrected chi connectivity index (χ0v) is 9.29. The first-order chi connectivity index (χ1) is 7.24. The predicted octanol–water partition coefficient (Wildman–Crippen LogP) is 0.446. The molecule has 0 spiro atoms. The van der Waals surface area contributed by atoms with Crippen LogP contribution in [-0.4, -0.2) is 37.7 Å². The lowest BCUT2D eigenvalue weighted by Crippen LogP contribution is -2.37. The molecule has 1 fully saturated rings. The third kappa shape index (κ3) is 4.44. The Labute approximate surface area is 91.1 Å². The van der Waals surface area contributed by atoms with E-state index >= 15 is 0 Å². The fourth-order valence-electron chi connectivity index (χ4n) is 1.55. The lowest BCUT2D eigenvalue weighted by atomic mass is 10.2. The van der Waals surface area contributed by atoms with Crippen LogP contribution in [0.4, 0.5) is 0 Å². The molecule has 0 aromatic rings. The van der Waals surface area contributed by atoms with Crippen LogP contribution in [0.25, 0.3) is 0 Å². The van der Waals surface area contributed by atoms with E-state index in [1.807, 2.05) is 0 Å². The molecule has 0 aromatic carbocycles. The lowest BCUT2D eigenvalue weighted by Gasteiger charge is -2.16. The molecular weight excluding hydrogens is 192 g/mol. The van der Waals surface area contributed by atoms with Crippen molar-refractivity contribution < 1.29 is 9.53 Å². The van der Waals surface area contributed by atoms with Crippen molar-refractivity contribution in [3.63, 3.8) is 0 Å². The van der Waals surface area contributed by atoms with E-state index in [2.05, 4.69) is 17.2 Å². The molecule has 0 bridgehead atoms. The second-order valence-corrected chi connectivity index (χ2v) is 3.80. The van der Waals surface area contributed by atoms with E-state index in [-0.39, 0.29) is 12.0 Å². The molecule has 2 N–H and O–H groups in total. The number of nitrogens with one attached hydrogen (secondary N) is 2. The summed E-state index contributed by atoms with van der Waals surface area (Å²) in [5, 5.41) is 6.03. The minimum atomic E-state index is -0.382. The molecule has 1 aliphatic heterocycles. The van der Waals surface area contributed by atoms with Crippen molar-refractivity contribution in [2.75, 3.05) is 19.7 Å². The summed E-state index contributed by atoms with van der Waals surface area (Å²) in [5.74, 6) is -0.0760. The third-order valence-electron chi connectivity index (χ3n) is 2.50. The van der Waals surface area contributed by atoms with Crippen molar-refractivity contribution in [3.8, 4) is 0 Å². The number of amides is 1. The van der Waals surface area contributed by atoms with Crippen molar-refractivity contribution in [1.29, 1.82) is 0 Å². The van der Waals surface area contributed by atoms with Crippen molar-refractivity contribution in [2.24, 2.45) is 0 Å². The van der Waals surface area contributed by atoms with Gasteiger partial charge in [0.15, 0.2) is 0 Å². The van der Waals surface area contributed by atoms with Crippen LogP contribution >= 0.6 is 0 Å². The summed E-state index contributed by atoms with van der Waals surface area (Å²) in [6, 6.07) is 0.416. The van der Waals surface area contributed by atoms with Crippen LogP contribution in [-0.2, 0) is 9.53 Å². The van der Waals surface area contributed by atoms with E-state index in [1.165, 1.54) is 6.42 Å². The zero-order valence-electron chi connectivity index (χ0n) is 9.29. The highest BCUT2D eigenvalue weighted by Crippen LogP contribution is 2.06. The van der Waals surface area contributed by atoms with E-state index in [9.17, 15) is 4.79 Å². The van der Waals surface area contributed by atoms with Gasteiger partial charge in [-0.05, 0) is 26.3 Å². The Bertz CT molecular complexity index is 213. The maximum atomic E-state index is 11.4. The normalized spacial score (nSPS) is 22.3. The summed E-state index contributed by atoms with van der Waals surface area (Å²) in [5.41, 5.74) is 0. The molecule has 0 radical (unpaired) electrons. The number of rotatable bonds is 6. The Morgan fingerprint density at radius 2 is 2.60 bits per heavy atom. The standard InChI is InChI=1S/C11H20N2O2/c1-3-6-13-11(14)9(2)15-8-10-5-4-7-12-10/h3,9-10,12H,1,4-8H2,2H3,(H,13,14). The van der Waals surface area contributed by atoms with Crippen LogP contribution < -0.4 is 10.6 Å². The molecule has 1 aliphatic rings. The average Bonchev–Trinajstić information content (AvgIpc) is 2.75. The first kappa shape index (κ1) is 12.2. The van der Waals surface area contributed by atoms with Crippen molar-refractivity contribution in [2.45, 2.75) is 31.9 Å². The number of ether oxygens (including phenoxy) is 1. The Kier molecular flexibility index (Phi) is 5.36. The highest BCUT2D eigenvalue weighted by atomic mass is 16.5. The summed E-state index contributed by atoms with van der Waals surface area (Å²) < 4.78 is 5.48. The van der Waals surface area contributed by atoms with Crippen molar-refractivity contribution in [1.82, 2.24) is 10.6 Å². The molecule has 1 rings (SSSR count). The molecule has 86 valence electrons. The quantitative estimate of drug-likeness (QED) is 0.628. The first-order valence-corrected chi connectivity index (χ1v) is 5.47. The first-order valence-electron chi connectivity index (χ1n) is 5.47. The summed E-state index contributed by atoms with van der Waals surface area (Å²) in [6.07, 6.45) is 3.61. The van der Waals surface area contributed by atoms with E-state index in [0.29, 0.717) is 19.2 Å². The number of hydrogen-bond acceptors (Lipinski definition) is 3. The largest absolute Gasteiger partial charge is 0.367 e. The maximum Gasteiger partial charge on any atom is 0.249 e. The van der Waals surface area contributed by atoms with Gasteiger partial charge in [0, 0.05) is 12.6 Å². The van der Waals surface area contributed by atoms with Gasteiger partial charge < -0.3 is 15.4 Å². The molecule has 2 atom stereocenters. The van der Waals surface area contributed by atoms with Crippen LogP contribution in [0.5, 0.6) is 0 Å². The topological polar surface area (TPSA) is 50.4 Å². The van der Waals surface area contributed by atoms with Crippen LogP contribution in [0.1, 0.15) is 19.8 Å². The summed E-state index contributed by atoms with van der Waals surface area (Å²) in [6.45, 7) is 7.48. The Morgan fingerprint density at radius 3 is 3.20 bits per heavy atom. The van der Waals surface area contributed by atoms with Gasteiger partial charge >= 0.3 is 0 Å². The van der Waals surface area contributed by atoms with Crippen LogP contribution in [0.3, 0.4) is 0 Å². The molecule has 0 aliphatic carbocycles. The average molecular weight is 212 g/mol. The van der Waals surface area contributed by atoms with Gasteiger partial charge in [-0.2, -0.15) is 0 Å².